The molecule has 3 heteroatoms. The molecule has 1 N–H and O–H groups in total. The number of hydrogen-bond acceptors (Lipinski definition) is 2. The first kappa shape index (κ1) is 11.2. The van der Waals surface area contributed by atoms with Crippen molar-refractivity contribution in [1.29, 1.82) is 0 Å². The SMILES string of the molecule is CCNC(c1ccc(Br)o1)C1CCCC1. The summed E-state index contributed by atoms with van der Waals surface area (Å²) in [6, 6.07) is 4.47. The van der Waals surface area contributed by atoms with E-state index in [0.29, 0.717) is 6.04 Å². The molecule has 84 valence electrons. The molecular formula is C12H18BrNO. The molecule has 0 radical (unpaired) electrons. The minimum Gasteiger partial charge on any atom is -0.453 e. The molecule has 1 saturated carbocycles. The third-order valence-electron chi connectivity index (χ3n) is 3.20. The maximum absolute atomic E-state index is 5.66. The van der Waals surface area contributed by atoms with E-state index < -0.39 is 0 Å². The summed E-state index contributed by atoms with van der Waals surface area (Å²) < 4.78 is 6.50. The molecule has 0 bridgehead atoms. The van der Waals surface area contributed by atoms with E-state index in [1.807, 2.05) is 6.07 Å². The summed E-state index contributed by atoms with van der Waals surface area (Å²) in [5.74, 6) is 1.83. The van der Waals surface area contributed by atoms with E-state index in [1.165, 1.54) is 25.7 Å². The zero-order valence-electron chi connectivity index (χ0n) is 9.13. The van der Waals surface area contributed by atoms with Crippen LogP contribution in [0.3, 0.4) is 0 Å². The molecular weight excluding hydrogens is 254 g/mol. The van der Waals surface area contributed by atoms with Crippen molar-refractivity contribution in [2.24, 2.45) is 5.92 Å². The molecule has 15 heavy (non-hydrogen) atoms. The molecule has 0 spiro atoms. The summed E-state index contributed by atoms with van der Waals surface area (Å²) in [6.07, 6.45) is 5.40. The van der Waals surface area contributed by atoms with E-state index in [-0.39, 0.29) is 0 Å². The number of halogens is 1. The van der Waals surface area contributed by atoms with E-state index in [1.54, 1.807) is 0 Å². The first-order chi connectivity index (χ1) is 7.31. The monoisotopic (exact) mass is 271 g/mol. The second-order valence-corrected chi connectivity index (χ2v) is 5.00. The summed E-state index contributed by atoms with van der Waals surface area (Å²) in [5.41, 5.74) is 0. The maximum atomic E-state index is 5.66. The van der Waals surface area contributed by atoms with E-state index >= 15 is 0 Å². The van der Waals surface area contributed by atoms with Crippen molar-refractivity contribution < 1.29 is 4.42 Å². The topological polar surface area (TPSA) is 25.2 Å². The minimum atomic E-state index is 0.406. The highest BCUT2D eigenvalue weighted by Crippen LogP contribution is 2.36. The van der Waals surface area contributed by atoms with Gasteiger partial charge in [-0.25, -0.2) is 0 Å². The van der Waals surface area contributed by atoms with Crippen LogP contribution in [0.25, 0.3) is 0 Å². The largest absolute Gasteiger partial charge is 0.453 e. The third kappa shape index (κ3) is 2.64. The van der Waals surface area contributed by atoms with E-state index in [0.717, 1.165) is 22.9 Å². The Kier molecular flexibility index (Phi) is 3.87. The Morgan fingerprint density at radius 2 is 2.20 bits per heavy atom. The van der Waals surface area contributed by atoms with E-state index in [2.05, 4.69) is 34.2 Å². The molecule has 1 aliphatic rings. The van der Waals surface area contributed by atoms with Gasteiger partial charge in [0, 0.05) is 0 Å². The van der Waals surface area contributed by atoms with E-state index in [9.17, 15) is 0 Å². The van der Waals surface area contributed by atoms with Crippen LogP contribution in [0.15, 0.2) is 21.2 Å². The van der Waals surface area contributed by atoms with Gasteiger partial charge >= 0.3 is 0 Å². The summed E-state index contributed by atoms with van der Waals surface area (Å²) in [4.78, 5) is 0. The molecule has 2 nitrogen and oxygen atoms in total. The van der Waals surface area contributed by atoms with Gasteiger partial charge in [-0.1, -0.05) is 19.8 Å². The molecule has 1 atom stereocenters. The van der Waals surface area contributed by atoms with Crippen LogP contribution in [0.1, 0.15) is 44.4 Å². The molecule has 0 saturated heterocycles. The molecule has 1 unspecified atom stereocenters. The lowest BCUT2D eigenvalue weighted by Gasteiger charge is -2.22. The standard InChI is InChI=1S/C12H18BrNO/c1-2-14-12(9-5-3-4-6-9)10-7-8-11(13)15-10/h7-9,12,14H,2-6H2,1H3. The molecule has 1 heterocycles. The second-order valence-electron chi connectivity index (χ2n) is 4.22. The van der Waals surface area contributed by atoms with Crippen molar-refractivity contribution in [3.8, 4) is 0 Å². The minimum absolute atomic E-state index is 0.406. The molecule has 1 aromatic heterocycles. The van der Waals surface area contributed by atoms with Crippen molar-refractivity contribution in [2.45, 2.75) is 38.6 Å². The lowest BCUT2D eigenvalue weighted by molar-refractivity contribution is 0.313. The van der Waals surface area contributed by atoms with Crippen LogP contribution in [0.4, 0.5) is 0 Å². The quantitative estimate of drug-likeness (QED) is 0.899. The first-order valence-electron chi connectivity index (χ1n) is 5.80. The van der Waals surface area contributed by atoms with Crippen LogP contribution in [0, 0.1) is 5.92 Å². The predicted octanol–water partition coefficient (Wildman–Crippen LogP) is 3.88. The van der Waals surface area contributed by atoms with Crippen LogP contribution in [-0.2, 0) is 0 Å². The van der Waals surface area contributed by atoms with E-state index in [4.69, 9.17) is 4.42 Å². The van der Waals surface area contributed by atoms with Gasteiger partial charge in [0.25, 0.3) is 0 Å². The molecule has 1 aliphatic carbocycles. The highest BCUT2D eigenvalue weighted by molar-refractivity contribution is 9.10. The second kappa shape index (κ2) is 5.17. The molecule has 2 rings (SSSR count). The van der Waals surface area contributed by atoms with Crippen molar-refractivity contribution in [3.63, 3.8) is 0 Å². The lowest BCUT2D eigenvalue weighted by atomic mass is 9.96. The Balaban J connectivity index is 2.11. The maximum Gasteiger partial charge on any atom is 0.169 e. The molecule has 1 fully saturated rings. The van der Waals surface area contributed by atoms with Crippen LogP contribution in [0.5, 0.6) is 0 Å². The van der Waals surface area contributed by atoms with Gasteiger partial charge in [-0.3, -0.25) is 0 Å². The first-order valence-corrected chi connectivity index (χ1v) is 6.59. The van der Waals surface area contributed by atoms with Crippen molar-refractivity contribution in [1.82, 2.24) is 5.32 Å². The van der Waals surface area contributed by atoms with Gasteiger partial charge in [-0.05, 0) is 53.4 Å². The smallest absolute Gasteiger partial charge is 0.169 e. The van der Waals surface area contributed by atoms with Gasteiger partial charge in [-0.15, -0.1) is 0 Å². The van der Waals surface area contributed by atoms with Gasteiger partial charge < -0.3 is 9.73 Å². The number of hydrogen-bond donors (Lipinski definition) is 1. The summed E-state index contributed by atoms with van der Waals surface area (Å²) in [6.45, 7) is 3.15. The van der Waals surface area contributed by atoms with Crippen LogP contribution >= 0.6 is 15.9 Å². The Hall–Kier alpha value is -0.280. The number of nitrogens with one attached hydrogen (secondary N) is 1. The normalized spacial score (nSPS) is 19.6. The van der Waals surface area contributed by atoms with Crippen LogP contribution < -0.4 is 5.32 Å². The van der Waals surface area contributed by atoms with Gasteiger partial charge in [0.05, 0.1) is 6.04 Å². The highest BCUT2D eigenvalue weighted by Gasteiger charge is 2.27. The molecule has 0 aromatic carbocycles. The van der Waals surface area contributed by atoms with Crippen LogP contribution in [-0.4, -0.2) is 6.54 Å². The van der Waals surface area contributed by atoms with Gasteiger partial charge in [0.1, 0.15) is 5.76 Å². The molecule has 0 amide bonds. The Morgan fingerprint density at radius 1 is 1.47 bits per heavy atom. The van der Waals surface area contributed by atoms with Gasteiger partial charge in [-0.2, -0.15) is 0 Å². The Bertz CT molecular complexity index is 304. The average molecular weight is 272 g/mol. The Labute approximate surface area is 99.6 Å². The predicted molar refractivity (Wildman–Crippen MR) is 64.8 cm³/mol. The highest BCUT2D eigenvalue weighted by atomic mass is 79.9. The van der Waals surface area contributed by atoms with Crippen molar-refractivity contribution in [2.75, 3.05) is 6.54 Å². The van der Waals surface area contributed by atoms with Crippen molar-refractivity contribution >= 4 is 15.9 Å². The fourth-order valence-corrected chi connectivity index (χ4v) is 2.82. The lowest BCUT2D eigenvalue weighted by Crippen LogP contribution is -2.26. The molecule has 1 aromatic rings. The zero-order chi connectivity index (χ0) is 10.7. The number of furan rings is 1. The van der Waals surface area contributed by atoms with Crippen molar-refractivity contribution in [3.05, 3.63) is 22.6 Å². The van der Waals surface area contributed by atoms with Crippen LogP contribution in [0.2, 0.25) is 0 Å². The fourth-order valence-electron chi connectivity index (χ4n) is 2.51. The summed E-state index contributed by atoms with van der Waals surface area (Å²) >= 11 is 3.37. The Morgan fingerprint density at radius 3 is 2.73 bits per heavy atom. The summed E-state index contributed by atoms with van der Waals surface area (Å²) in [5, 5.41) is 3.54. The van der Waals surface area contributed by atoms with Gasteiger partial charge in [0.15, 0.2) is 4.67 Å². The average Bonchev–Trinajstić information content (AvgIpc) is 2.85. The number of rotatable bonds is 4. The van der Waals surface area contributed by atoms with Gasteiger partial charge in [0.2, 0.25) is 0 Å². The molecule has 0 aliphatic heterocycles. The summed E-state index contributed by atoms with van der Waals surface area (Å²) in [7, 11) is 0. The zero-order valence-corrected chi connectivity index (χ0v) is 10.7. The fraction of sp³-hybridized carbons (Fsp3) is 0.667. The third-order valence-corrected chi connectivity index (χ3v) is 3.62.